The van der Waals surface area contributed by atoms with Gasteiger partial charge in [-0.1, -0.05) is 31.2 Å². The van der Waals surface area contributed by atoms with E-state index in [2.05, 4.69) is 57.1 Å². The zero-order chi connectivity index (χ0) is 14.7. The number of rotatable bonds is 4. The first-order chi connectivity index (χ1) is 10.3. The second-order valence-corrected chi connectivity index (χ2v) is 6.21. The van der Waals surface area contributed by atoms with E-state index in [1.54, 1.807) is 0 Å². The van der Waals surface area contributed by atoms with E-state index in [0.717, 1.165) is 42.5 Å². The van der Waals surface area contributed by atoms with Gasteiger partial charge in [-0.15, -0.1) is 0 Å². The Hall–Kier alpha value is -1.42. The molecule has 0 amide bonds. The van der Waals surface area contributed by atoms with Crippen LogP contribution >= 0.6 is 15.9 Å². The zero-order valence-electron chi connectivity index (χ0n) is 12.2. The minimum atomic E-state index is 0.103. The number of hydrogen-bond acceptors (Lipinski definition) is 3. The summed E-state index contributed by atoms with van der Waals surface area (Å²) in [5.41, 5.74) is 2.70. The van der Waals surface area contributed by atoms with E-state index >= 15 is 0 Å². The van der Waals surface area contributed by atoms with Crippen LogP contribution in [-0.2, 0) is 12.8 Å². The van der Waals surface area contributed by atoms with E-state index in [9.17, 15) is 0 Å². The lowest BCUT2D eigenvalue weighted by molar-refractivity contribution is 0.175. The number of nitrogens with zero attached hydrogens (tertiary/aromatic N) is 2. The predicted octanol–water partition coefficient (Wildman–Crippen LogP) is 4.65. The Bertz CT molecular complexity index is 630. The lowest BCUT2D eigenvalue weighted by Gasteiger charge is -2.25. The number of halogens is 1. The molecule has 1 unspecified atom stereocenters. The minimum Gasteiger partial charge on any atom is -0.469 e. The number of fused-ring (bicyclic) bond motifs is 1. The largest absolute Gasteiger partial charge is 0.469 e. The van der Waals surface area contributed by atoms with Crippen molar-refractivity contribution >= 4 is 15.9 Å². The van der Waals surface area contributed by atoms with Gasteiger partial charge in [-0.25, -0.2) is 4.98 Å². The van der Waals surface area contributed by atoms with E-state index < -0.39 is 0 Å². The number of hydrogen-bond donors (Lipinski definition) is 0. The van der Waals surface area contributed by atoms with E-state index in [1.807, 2.05) is 6.07 Å². The molecule has 1 aliphatic carbocycles. The molecular formula is C17H19BrN2O. The van der Waals surface area contributed by atoms with Crippen molar-refractivity contribution in [3.8, 4) is 5.88 Å². The smallest absolute Gasteiger partial charge is 0.218 e. The molecule has 0 fully saturated rings. The van der Waals surface area contributed by atoms with Crippen molar-refractivity contribution in [2.75, 3.05) is 0 Å². The molecule has 1 aromatic carbocycles. The maximum atomic E-state index is 6.17. The number of aryl methyl sites for hydroxylation is 2. The van der Waals surface area contributed by atoms with Crippen LogP contribution in [0, 0.1) is 0 Å². The quantitative estimate of drug-likeness (QED) is 0.756. The molecule has 0 saturated carbocycles. The lowest BCUT2D eigenvalue weighted by atomic mass is 9.89. The Morgan fingerprint density at radius 1 is 1.29 bits per heavy atom. The average Bonchev–Trinajstić information content (AvgIpc) is 2.47. The fourth-order valence-corrected chi connectivity index (χ4v) is 3.22. The molecule has 4 heteroatoms. The second kappa shape index (κ2) is 6.56. The van der Waals surface area contributed by atoms with Crippen LogP contribution in [0.2, 0.25) is 0 Å². The summed E-state index contributed by atoms with van der Waals surface area (Å²) in [5.74, 6) is 1.51. The van der Waals surface area contributed by atoms with E-state index in [-0.39, 0.29) is 6.10 Å². The molecule has 0 saturated heterocycles. The molecule has 1 aliphatic rings. The molecule has 0 bridgehead atoms. The monoisotopic (exact) mass is 346 g/mol. The van der Waals surface area contributed by atoms with Gasteiger partial charge < -0.3 is 4.74 Å². The molecule has 3 rings (SSSR count). The van der Waals surface area contributed by atoms with Gasteiger partial charge in [-0.05, 0) is 52.7 Å². The van der Waals surface area contributed by atoms with Gasteiger partial charge in [0.15, 0.2) is 0 Å². The average molecular weight is 347 g/mol. The van der Waals surface area contributed by atoms with Gasteiger partial charge in [-0.2, -0.15) is 4.98 Å². The normalized spacial score (nSPS) is 17.3. The third kappa shape index (κ3) is 3.43. The van der Waals surface area contributed by atoms with Crippen molar-refractivity contribution in [3.63, 3.8) is 0 Å². The maximum Gasteiger partial charge on any atom is 0.218 e. The molecule has 2 aromatic rings. The third-order valence-electron chi connectivity index (χ3n) is 3.77. The van der Waals surface area contributed by atoms with E-state index in [0.29, 0.717) is 5.88 Å². The van der Waals surface area contributed by atoms with Crippen molar-refractivity contribution in [1.29, 1.82) is 0 Å². The minimum absolute atomic E-state index is 0.103. The Kier molecular flexibility index (Phi) is 4.54. The van der Waals surface area contributed by atoms with Crippen molar-refractivity contribution in [1.82, 2.24) is 9.97 Å². The van der Waals surface area contributed by atoms with Crippen LogP contribution in [0.5, 0.6) is 5.88 Å². The topological polar surface area (TPSA) is 35.0 Å². The van der Waals surface area contributed by atoms with E-state index in [4.69, 9.17) is 4.74 Å². The van der Waals surface area contributed by atoms with Gasteiger partial charge >= 0.3 is 0 Å². The number of aromatic nitrogens is 2. The van der Waals surface area contributed by atoms with Crippen molar-refractivity contribution in [2.45, 2.75) is 45.1 Å². The van der Waals surface area contributed by atoms with Gasteiger partial charge in [0.1, 0.15) is 16.5 Å². The fraction of sp³-hybridized carbons (Fsp3) is 0.412. The highest BCUT2D eigenvalue weighted by Crippen LogP contribution is 2.33. The molecule has 0 aliphatic heterocycles. The third-order valence-corrected chi connectivity index (χ3v) is 4.17. The van der Waals surface area contributed by atoms with Crippen molar-refractivity contribution in [2.24, 2.45) is 0 Å². The van der Waals surface area contributed by atoms with Gasteiger partial charge in [0.2, 0.25) is 5.88 Å². The summed E-state index contributed by atoms with van der Waals surface area (Å²) < 4.78 is 6.96. The first-order valence-corrected chi connectivity index (χ1v) is 8.33. The summed E-state index contributed by atoms with van der Waals surface area (Å²) in [5, 5.41) is 0. The zero-order valence-corrected chi connectivity index (χ0v) is 13.8. The molecule has 110 valence electrons. The Balaban J connectivity index is 1.84. The fourth-order valence-electron chi connectivity index (χ4n) is 2.82. The highest BCUT2D eigenvalue weighted by atomic mass is 79.9. The number of benzene rings is 1. The van der Waals surface area contributed by atoms with Gasteiger partial charge in [0.25, 0.3) is 0 Å². The summed E-state index contributed by atoms with van der Waals surface area (Å²) in [6.07, 6.45) is 5.35. The van der Waals surface area contributed by atoms with Crippen molar-refractivity contribution < 1.29 is 4.74 Å². The second-order valence-electron chi connectivity index (χ2n) is 5.39. The Labute approximate surface area is 133 Å². The summed E-state index contributed by atoms with van der Waals surface area (Å²) in [7, 11) is 0. The van der Waals surface area contributed by atoms with Crippen LogP contribution in [0.25, 0.3) is 0 Å². The highest BCUT2D eigenvalue weighted by molar-refractivity contribution is 9.10. The molecule has 0 N–H and O–H groups in total. The van der Waals surface area contributed by atoms with Gasteiger partial charge in [-0.3, -0.25) is 0 Å². The SMILES string of the molecule is CCCc1nc(Br)cc(OC2CCCc3ccccc32)n1. The molecule has 1 aromatic heterocycles. The van der Waals surface area contributed by atoms with Crippen LogP contribution in [-0.4, -0.2) is 9.97 Å². The number of ether oxygens (including phenoxy) is 1. The first kappa shape index (κ1) is 14.5. The molecule has 1 heterocycles. The molecular weight excluding hydrogens is 328 g/mol. The maximum absolute atomic E-state index is 6.17. The van der Waals surface area contributed by atoms with E-state index in [1.165, 1.54) is 11.1 Å². The van der Waals surface area contributed by atoms with Gasteiger partial charge in [0.05, 0.1) is 0 Å². The Morgan fingerprint density at radius 3 is 3.00 bits per heavy atom. The molecule has 0 spiro atoms. The Morgan fingerprint density at radius 2 is 2.14 bits per heavy atom. The molecule has 21 heavy (non-hydrogen) atoms. The summed E-state index contributed by atoms with van der Waals surface area (Å²) in [6.45, 7) is 2.13. The summed E-state index contributed by atoms with van der Waals surface area (Å²) >= 11 is 3.45. The molecule has 3 nitrogen and oxygen atoms in total. The van der Waals surface area contributed by atoms with Crippen LogP contribution in [0.1, 0.15) is 49.2 Å². The predicted molar refractivity (Wildman–Crippen MR) is 86.5 cm³/mol. The highest BCUT2D eigenvalue weighted by Gasteiger charge is 2.22. The van der Waals surface area contributed by atoms with Crippen LogP contribution < -0.4 is 4.74 Å². The molecule has 1 atom stereocenters. The lowest BCUT2D eigenvalue weighted by Crippen LogP contribution is -2.16. The van der Waals surface area contributed by atoms with Crippen LogP contribution in [0.15, 0.2) is 34.9 Å². The van der Waals surface area contributed by atoms with Crippen molar-refractivity contribution in [3.05, 3.63) is 51.9 Å². The van der Waals surface area contributed by atoms with Crippen LogP contribution in [0.4, 0.5) is 0 Å². The molecule has 0 radical (unpaired) electrons. The standard InChI is InChI=1S/C17H19BrN2O/c1-2-6-16-19-15(18)11-17(20-16)21-14-10-5-8-12-7-3-4-9-13(12)14/h3-4,7,9,11,14H,2,5-6,8,10H2,1H3. The first-order valence-electron chi connectivity index (χ1n) is 7.54. The summed E-state index contributed by atoms with van der Waals surface area (Å²) in [4.78, 5) is 8.91. The van der Waals surface area contributed by atoms with Gasteiger partial charge in [0, 0.05) is 12.5 Å². The summed E-state index contributed by atoms with van der Waals surface area (Å²) in [6, 6.07) is 10.4. The van der Waals surface area contributed by atoms with Crippen LogP contribution in [0.3, 0.4) is 0 Å².